The lowest BCUT2D eigenvalue weighted by Gasteiger charge is -2.11. The molecule has 0 saturated heterocycles. The van der Waals surface area contributed by atoms with Crippen LogP contribution in [0.2, 0.25) is 0 Å². The second kappa shape index (κ2) is 8.47. The molecule has 0 amide bonds. The van der Waals surface area contributed by atoms with Gasteiger partial charge in [-0.05, 0) is 36.0 Å². The van der Waals surface area contributed by atoms with Gasteiger partial charge in [-0.25, -0.2) is 0 Å². The minimum atomic E-state index is -0.480. The zero-order chi connectivity index (χ0) is 15.8. The van der Waals surface area contributed by atoms with E-state index in [-0.39, 0.29) is 12.2 Å². The molecule has 0 saturated carbocycles. The number of aliphatic hydroxyl groups is 2. The van der Waals surface area contributed by atoms with E-state index in [2.05, 4.69) is 12.1 Å². The van der Waals surface area contributed by atoms with Crippen molar-refractivity contribution in [3.05, 3.63) is 71.3 Å². The number of benzene rings is 2. The highest BCUT2D eigenvalue weighted by atomic mass is 16.3. The van der Waals surface area contributed by atoms with Gasteiger partial charge in [0.1, 0.15) is 6.61 Å². The summed E-state index contributed by atoms with van der Waals surface area (Å²) in [5.74, 6) is -0.198. The van der Waals surface area contributed by atoms with E-state index in [4.69, 9.17) is 5.11 Å². The predicted octanol–water partition coefficient (Wildman–Crippen LogP) is 2.85. The molecule has 2 aromatic rings. The van der Waals surface area contributed by atoms with Crippen LogP contribution in [0.5, 0.6) is 0 Å². The Morgan fingerprint density at radius 3 is 2.27 bits per heavy atom. The molecule has 2 aromatic carbocycles. The van der Waals surface area contributed by atoms with E-state index in [1.165, 1.54) is 5.56 Å². The number of hydrogen-bond donors (Lipinski definition) is 2. The Bertz CT molecular complexity index is 575. The molecule has 3 nitrogen and oxygen atoms in total. The van der Waals surface area contributed by atoms with Gasteiger partial charge in [-0.15, -0.1) is 0 Å². The van der Waals surface area contributed by atoms with Gasteiger partial charge in [-0.3, -0.25) is 4.79 Å². The van der Waals surface area contributed by atoms with Crippen molar-refractivity contribution in [2.75, 3.05) is 6.61 Å². The third-order valence-corrected chi connectivity index (χ3v) is 3.73. The van der Waals surface area contributed by atoms with Gasteiger partial charge in [0.2, 0.25) is 0 Å². The lowest BCUT2D eigenvalue weighted by atomic mass is 9.99. The Balaban J connectivity index is 1.82. The molecule has 116 valence electrons. The van der Waals surface area contributed by atoms with Crippen LogP contribution in [0.25, 0.3) is 0 Å². The lowest BCUT2D eigenvalue weighted by Crippen LogP contribution is -2.07. The molecule has 22 heavy (non-hydrogen) atoms. The highest BCUT2D eigenvalue weighted by molar-refractivity contribution is 5.81. The van der Waals surface area contributed by atoms with Crippen LogP contribution in [0.3, 0.4) is 0 Å². The van der Waals surface area contributed by atoms with Gasteiger partial charge in [0, 0.05) is 6.42 Å². The Kier molecular flexibility index (Phi) is 6.31. The molecule has 1 unspecified atom stereocenters. The lowest BCUT2D eigenvalue weighted by molar-refractivity contribution is -0.121. The van der Waals surface area contributed by atoms with Gasteiger partial charge in [0.25, 0.3) is 0 Å². The number of aryl methyl sites for hydroxylation is 1. The summed E-state index contributed by atoms with van der Waals surface area (Å²) in [7, 11) is 0. The van der Waals surface area contributed by atoms with E-state index >= 15 is 0 Å². The minimum absolute atomic E-state index is 0.198. The van der Waals surface area contributed by atoms with Crippen LogP contribution in [0, 0.1) is 0 Å². The van der Waals surface area contributed by atoms with E-state index in [1.807, 2.05) is 42.5 Å². The number of carbonyl (C=O) groups excluding carboxylic acids is 1. The Morgan fingerprint density at radius 1 is 0.955 bits per heavy atom. The third kappa shape index (κ3) is 5.10. The molecule has 1 atom stereocenters. The van der Waals surface area contributed by atoms with Crippen molar-refractivity contribution in [1.82, 2.24) is 0 Å². The van der Waals surface area contributed by atoms with Crippen LogP contribution in [0.15, 0.2) is 54.6 Å². The number of rotatable bonds is 8. The number of hydrogen-bond acceptors (Lipinski definition) is 3. The summed E-state index contributed by atoms with van der Waals surface area (Å²) < 4.78 is 0. The number of aliphatic hydroxyl groups excluding tert-OH is 2. The number of Topliss-reactive ketones (excluding diaryl/α,β-unsaturated/α-hetero) is 1. The quantitative estimate of drug-likeness (QED) is 0.788. The first kappa shape index (κ1) is 16.4. The molecule has 0 aliphatic rings. The standard InChI is InChI=1S/C19H22O3/c20-14-18(21)13-16-9-11-17(12-10-16)19(22)8-4-7-15-5-2-1-3-6-15/h1-3,5-6,9-12,19-20,22H,4,7-8,13-14H2. The minimum Gasteiger partial charge on any atom is -0.389 e. The first-order valence-corrected chi connectivity index (χ1v) is 7.62. The molecule has 2 N–H and O–H groups in total. The summed E-state index contributed by atoms with van der Waals surface area (Å²) in [5, 5.41) is 19.0. The van der Waals surface area contributed by atoms with Crippen molar-refractivity contribution < 1.29 is 15.0 Å². The fraction of sp³-hybridized carbons (Fsp3) is 0.316. The van der Waals surface area contributed by atoms with E-state index in [0.29, 0.717) is 6.42 Å². The Labute approximate surface area is 131 Å². The summed E-state index contributed by atoms with van der Waals surface area (Å²) in [6, 6.07) is 17.6. The van der Waals surface area contributed by atoms with E-state index in [9.17, 15) is 9.90 Å². The molecule has 2 rings (SSSR count). The van der Waals surface area contributed by atoms with Gasteiger partial charge in [0.15, 0.2) is 5.78 Å². The van der Waals surface area contributed by atoms with Crippen molar-refractivity contribution in [3.63, 3.8) is 0 Å². The third-order valence-electron chi connectivity index (χ3n) is 3.73. The van der Waals surface area contributed by atoms with Gasteiger partial charge in [-0.2, -0.15) is 0 Å². The zero-order valence-corrected chi connectivity index (χ0v) is 12.6. The average molecular weight is 298 g/mol. The van der Waals surface area contributed by atoms with Crippen molar-refractivity contribution in [2.24, 2.45) is 0 Å². The normalized spacial score (nSPS) is 12.1. The zero-order valence-electron chi connectivity index (χ0n) is 12.6. The fourth-order valence-electron chi connectivity index (χ4n) is 2.45. The molecule has 0 aromatic heterocycles. The van der Waals surface area contributed by atoms with Crippen molar-refractivity contribution >= 4 is 5.78 Å². The van der Waals surface area contributed by atoms with Crippen molar-refractivity contribution in [2.45, 2.75) is 31.8 Å². The van der Waals surface area contributed by atoms with Crippen LogP contribution in [0.4, 0.5) is 0 Å². The molecule has 0 spiro atoms. The highest BCUT2D eigenvalue weighted by Crippen LogP contribution is 2.20. The molecule has 0 fully saturated rings. The van der Waals surface area contributed by atoms with E-state index in [1.54, 1.807) is 0 Å². The maximum Gasteiger partial charge on any atom is 0.162 e. The monoisotopic (exact) mass is 298 g/mol. The van der Waals surface area contributed by atoms with Crippen molar-refractivity contribution in [3.8, 4) is 0 Å². The van der Waals surface area contributed by atoms with Crippen LogP contribution in [-0.4, -0.2) is 22.6 Å². The Hall–Kier alpha value is -1.97. The SMILES string of the molecule is O=C(CO)Cc1ccc(C(O)CCCc2ccccc2)cc1. The summed E-state index contributed by atoms with van der Waals surface area (Å²) in [5.41, 5.74) is 3.01. The second-order valence-corrected chi connectivity index (χ2v) is 5.51. The molecule has 0 heterocycles. The summed E-state index contributed by atoms with van der Waals surface area (Å²) in [6.45, 7) is -0.427. The summed E-state index contributed by atoms with van der Waals surface area (Å²) >= 11 is 0. The van der Waals surface area contributed by atoms with Crippen molar-refractivity contribution in [1.29, 1.82) is 0 Å². The average Bonchev–Trinajstić information content (AvgIpc) is 2.56. The molecule has 0 radical (unpaired) electrons. The number of ketones is 1. The van der Waals surface area contributed by atoms with Gasteiger partial charge < -0.3 is 10.2 Å². The largest absolute Gasteiger partial charge is 0.389 e. The molecule has 0 aliphatic carbocycles. The van der Waals surface area contributed by atoms with Crippen LogP contribution in [-0.2, 0) is 17.6 Å². The first-order chi connectivity index (χ1) is 10.7. The summed E-state index contributed by atoms with van der Waals surface area (Å²) in [6.07, 6.45) is 2.35. The maximum atomic E-state index is 11.2. The molecule has 3 heteroatoms. The topological polar surface area (TPSA) is 57.5 Å². The summed E-state index contributed by atoms with van der Waals surface area (Å²) in [4.78, 5) is 11.2. The van der Waals surface area contributed by atoms with Gasteiger partial charge in [0.05, 0.1) is 6.10 Å². The van der Waals surface area contributed by atoms with Crippen LogP contribution < -0.4 is 0 Å². The van der Waals surface area contributed by atoms with Gasteiger partial charge in [-0.1, -0.05) is 54.6 Å². The smallest absolute Gasteiger partial charge is 0.162 e. The van der Waals surface area contributed by atoms with Crippen LogP contribution >= 0.6 is 0 Å². The molecule has 0 bridgehead atoms. The molecule has 0 aliphatic heterocycles. The molecular formula is C19H22O3. The van der Waals surface area contributed by atoms with Gasteiger partial charge >= 0.3 is 0 Å². The van der Waals surface area contributed by atoms with Crippen LogP contribution in [0.1, 0.15) is 35.6 Å². The maximum absolute atomic E-state index is 11.2. The molecular weight excluding hydrogens is 276 g/mol. The second-order valence-electron chi connectivity index (χ2n) is 5.51. The highest BCUT2D eigenvalue weighted by Gasteiger charge is 2.08. The first-order valence-electron chi connectivity index (χ1n) is 7.62. The van der Waals surface area contributed by atoms with E-state index in [0.717, 1.165) is 24.0 Å². The number of carbonyl (C=O) groups is 1. The fourth-order valence-corrected chi connectivity index (χ4v) is 2.45. The predicted molar refractivity (Wildman–Crippen MR) is 86.6 cm³/mol. The Morgan fingerprint density at radius 2 is 1.64 bits per heavy atom. The van der Waals surface area contributed by atoms with E-state index < -0.39 is 12.7 Å².